The summed E-state index contributed by atoms with van der Waals surface area (Å²) in [5.74, 6) is 2.06. The molecule has 2 rings (SSSR count). The summed E-state index contributed by atoms with van der Waals surface area (Å²) in [7, 11) is 1.81. The Morgan fingerprint density at radius 3 is 2.93 bits per heavy atom. The van der Waals surface area contributed by atoms with Gasteiger partial charge in [-0.15, -0.1) is 10.2 Å². The highest BCUT2D eigenvalue weighted by molar-refractivity contribution is 7.99. The summed E-state index contributed by atoms with van der Waals surface area (Å²) in [4.78, 5) is 13.7. The van der Waals surface area contributed by atoms with Crippen molar-refractivity contribution in [3.8, 4) is 0 Å². The predicted octanol–water partition coefficient (Wildman–Crippen LogP) is 1.77. The average Bonchev–Trinajstić information content (AvgIpc) is 2.85. The number of halogens is 1. The van der Waals surface area contributed by atoms with Gasteiger partial charge in [0.1, 0.15) is 0 Å². The molecule has 2 heterocycles. The van der Waals surface area contributed by atoms with Crippen LogP contribution in [-0.2, 0) is 0 Å². The Kier molecular flexibility index (Phi) is 3.48. The van der Waals surface area contributed by atoms with Crippen LogP contribution in [-0.4, -0.2) is 45.6 Å². The Morgan fingerprint density at radius 2 is 2.40 bits per heavy atom. The second kappa shape index (κ2) is 4.67. The molecular formula is C8H10ClN3OS2. The number of rotatable bonds is 2. The maximum atomic E-state index is 11.9. The number of hydrogen-bond donors (Lipinski definition) is 0. The Labute approximate surface area is 101 Å². The molecule has 15 heavy (non-hydrogen) atoms. The van der Waals surface area contributed by atoms with Crippen molar-refractivity contribution in [1.82, 2.24) is 15.1 Å². The van der Waals surface area contributed by atoms with Crippen molar-refractivity contribution >= 4 is 40.6 Å². The molecule has 1 aliphatic rings. The van der Waals surface area contributed by atoms with Crippen LogP contribution in [0.1, 0.15) is 16.2 Å². The van der Waals surface area contributed by atoms with E-state index >= 15 is 0 Å². The molecule has 1 aromatic rings. The van der Waals surface area contributed by atoms with Crippen molar-refractivity contribution in [2.24, 2.45) is 0 Å². The smallest absolute Gasteiger partial charge is 0.284 e. The minimum absolute atomic E-state index is 0.0769. The fourth-order valence-electron chi connectivity index (χ4n) is 1.44. The lowest BCUT2D eigenvalue weighted by atomic mass is 10.2. The molecular weight excluding hydrogens is 254 g/mol. The first-order valence-electron chi connectivity index (χ1n) is 4.52. The number of hydrogen-bond acceptors (Lipinski definition) is 5. The molecule has 4 nitrogen and oxygen atoms in total. The summed E-state index contributed by atoms with van der Waals surface area (Å²) < 4.78 is 0.313. The van der Waals surface area contributed by atoms with E-state index in [0.717, 1.165) is 29.3 Å². The van der Waals surface area contributed by atoms with Crippen LogP contribution in [0.15, 0.2) is 0 Å². The van der Waals surface area contributed by atoms with Crippen LogP contribution in [0.25, 0.3) is 0 Å². The maximum Gasteiger partial charge on any atom is 0.284 e. The number of thioether (sulfide) groups is 1. The van der Waals surface area contributed by atoms with Crippen LogP contribution in [0.2, 0.25) is 4.47 Å². The van der Waals surface area contributed by atoms with Crippen molar-refractivity contribution < 1.29 is 4.79 Å². The largest absolute Gasteiger partial charge is 0.336 e. The van der Waals surface area contributed by atoms with Gasteiger partial charge in [0, 0.05) is 18.8 Å². The van der Waals surface area contributed by atoms with Gasteiger partial charge in [-0.3, -0.25) is 4.79 Å². The lowest BCUT2D eigenvalue weighted by Gasteiger charge is -2.22. The number of nitrogens with zero attached hydrogens (tertiary/aromatic N) is 3. The normalized spacial score (nSPS) is 20.5. The molecule has 1 amide bonds. The number of aromatic nitrogens is 2. The van der Waals surface area contributed by atoms with Gasteiger partial charge >= 0.3 is 0 Å². The van der Waals surface area contributed by atoms with Crippen LogP contribution in [0, 0.1) is 0 Å². The molecule has 82 valence electrons. The third-order valence-corrected chi connectivity index (χ3v) is 4.51. The van der Waals surface area contributed by atoms with Crippen LogP contribution in [0.3, 0.4) is 0 Å². The van der Waals surface area contributed by atoms with Gasteiger partial charge in [-0.25, -0.2) is 0 Å². The monoisotopic (exact) mass is 263 g/mol. The van der Waals surface area contributed by atoms with Crippen LogP contribution >= 0.6 is 34.7 Å². The van der Waals surface area contributed by atoms with E-state index in [1.54, 1.807) is 4.90 Å². The Morgan fingerprint density at radius 1 is 1.60 bits per heavy atom. The van der Waals surface area contributed by atoms with Crippen LogP contribution < -0.4 is 0 Å². The van der Waals surface area contributed by atoms with Gasteiger partial charge in [-0.05, 0) is 23.8 Å². The fraction of sp³-hybridized carbons (Fsp3) is 0.625. The Bertz CT molecular complexity index is 365. The summed E-state index contributed by atoms with van der Waals surface area (Å²) in [6.45, 7) is 0. The second-order valence-corrected chi connectivity index (χ2v) is 6.00. The summed E-state index contributed by atoms with van der Waals surface area (Å²) in [5, 5.41) is 7.75. The van der Waals surface area contributed by atoms with E-state index < -0.39 is 0 Å². The highest BCUT2D eigenvalue weighted by atomic mass is 35.5. The molecule has 0 radical (unpaired) electrons. The van der Waals surface area contributed by atoms with Gasteiger partial charge in [0.15, 0.2) is 0 Å². The first-order chi connectivity index (χ1) is 7.18. The van der Waals surface area contributed by atoms with E-state index in [1.807, 2.05) is 18.8 Å². The molecule has 7 heteroatoms. The molecule has 0 saturated carbocycles. The number of carbonyl (C=O) groups is 1. The molecule has 0 N–H and O–H groups in total. The summed E-state index contributed by atoms with van der Waals surface area (Å²) in [6.07, 6.45) is 1.06. The first-order valence-corrected chi connectivity index (χ1v) is 6.87. The molecule has 1 atom stereocenters. The van der Waals surface area contributed by atoms with E-state index in [4.69, 9.17) is 11.6 Å². The van der Waals surface area contributed by atoms with Crippen LogP contribution in [0.4, 0.5) is 0 Å². The predicted molar refractivity (Wildman–Crippen MR) is 62.7 cm³/mol. The highest BCUT2D eigenvalue weighted by Crippen LogP contribution is 2.24. The third kappa shape index (κ3) is 2.43. The summed E-state index contributed by atoms with van der Waals surface area (Å²) in [5.41, 5.74) is 0. The van der Waals surface area contributed by atoms with Crippen molar-refractivity contribution in [2.45, 2.75) is 12.5 Å². The van der Waals surface area contributed by atoms with E-state index in [9.17, 15) is 4.79 Å². The van der Waals surface area contributed by atoms with Gasteiger partial charge < -0.3 is 4.90 Å². The molecule has 0 aromatic carbocycles. The van der Waals surface area contributed by atoms with Gasteiger partial charge in [0.2, 0.25) is 9.47 Å². The second-order valence-electron chi connectivity index (χ2n) is 3.29. The van der Waals surface area contributed by atoms with Gasteiger partial charge in [0.25, 0.3) is 5.91 Å². The van der Waals surface area contributed by atoms with Gasteiger partial charge in [-0.1, -0.05) is 11.3 Å². The lowest BCUT2D eigenvalue weighted by Crippen LogP contribution is -2.36. The number of carbonyl (C=O) groups excluding carboxylic acids is 1. The minimum atomic E-state index is -0.0769. The van der Waals surface area contributed by atoms with Crippen molar-refractivity contribution in [3.05, 3.63) is 9.47 Å². The van der Waals surface area contributed by atoms with E-state index in [-0.39, 0.29) is 5.91 Å². The van der Waals surface area contributed by atoms with Crippen molar-refractivity contribution in [3.63, 3.8) is 0 Å². The summed E-state index contributed by atoms with van der Waals surface area (Å²) in [6, 6.07) is 0.324. The quantitative estimate of drug-likeness (QED) is 0.816. The zero-order chi connectivity index (χ0) is 10.8. The third-order valence-electron chi connectivity index (χ3n) is 2.36. The highest BCUT2D eigenvalue weighted by Gasteiger charge is 2.26. The molecule has 1 aliphatic heterocycles. The fourth-order valence-corrected chi connectivity index (χ4v) is 3.51. The molecule has 1 unspecified atom stereocenters. The first kappa shape index (κ1) is 11.2. The van der Waals surface area contributed by atoms with E-state index in [2.05, 4.69) is 10.2 Å². The average molecular weight is 264 g/mol. The topological polar surface area (TPSA) is 46.1 Å². The minimum Gasteiger partial charge on any atom is -0.336 e. The van der Waals surface area contributed by atoms with Gasteiger partial charge in [-0.2, -0.15) is 11.8 Å². The summed E-state index contributed by atoms with van der Waals surface area (Å²) >= 11 is 8.64. The molecule has 0 bridgehead atoms. The SMILES string of the molecule is CN(C(=O)c1nnc(Cl)s1)C1CCSC1. The maximum absolute atomic E-state index is 11.9. The zero-order valence-corrected chi connectivity index (χ0v) is 10.5. The molecule has 0 aliphatic carbocycles. The number of amides is 1. The van der Waals surface area contributed by atoms with Crippen molar-refractivity contribution in [1.29, 1.82) is 0 Å². The van der Waals surface area contributed by atoms with Gasteiger partial charge in [0.05, 0.1) is 0 Å². The van der Waals surface area contributed by atoms with E-state index in [0.29, 0.717) is 15.5 Å². The zero-order valence-electron chi connectivity index (χ0n) is 8.14. The van der Waals surface area contributed by atoms with Crippen LogP contribution in [0.5, 0.6) is 0 Å². The Balaban J connectivity index is 2.06. The standard InChI is InChI=1S/C8H10ClN3OS2/c1-12(5-2-3-14-4-5)7(13)6-10-11-8(9)15-6/h5H,2-4H2,1H3. The molecule has 1 aromatic heterocycles. The lowest BCUT2D eigenvalue weighted by molar-refractivity contribution is 0.0746. The molecule has 1 fully saturated rings. The molecule has 0 spiro atoms. The molecule has 1 saturated heterocycles. The Hall–Kier alpha value is -0.330. The van der Waals surface area contributed by atoms with Crippen molar-refractivity contribution in [2.75, 3.05) is 18.6 Å². The van der Waals surface area contributed by atoms with E-state index in [1.165, 1.54) is 0 Å².